The summed E-state index contributed by atoms with van der Waals surface area (Å²) in [4.78, 5) is 4.01. The van der Waals surface area contributed by atoms with Gasteiger partial charge in [-0.1, -0.05) is 28.1 Å². The molecule has 2 aromatic heterocycles. The first-order valence-electron chi connectivity index (χ1n) is 6.75. The van der Waals surface area contributed by atoms with E-state index in [0.29, 0.717) is 6.54 Å². The monoisotopic (exact) mass is 377 g/mol. The number of pyridine rings is 1. The SMILES string of the molecule is Brc1ccc(-c2ccc(CNCc3ccncc3)o2)cc1.[Cl-]. The lowest BCUT2D eigenvalue weighted by atomic mass is 10.2. The number of halogens is 2. The third-order valence-corrected chi connectivity index (χ3v) is 3.70. The smallest absolute Gasteiger partial charge is 0.134 e. The van der Waals surface area contributed by atoms with Crippen LogP contribution in [0.2, 0.25) is 0 Å². The fourth-order valence-electron chi connectivity index (χ4n) is 2.07. The first-order valence-corrected chi connectivity index (χ1v) is 7.55. The maximum absolute atomic E-state index is 5.86. The normalized spacial score (nSPS) is 10.2. The summed E-state index contributed by atoms with van der Waals surface area (Å²) in [6.07, 6.45) is 3.60. The number of aromatic nitrogens is 1. The van der Waals surface area contributed by atoms with Crippen LogP contribution >= 0.6 is 15.9 Å². The molecule has 22 heavy (non-hydrogen) atoms. The van der Waals surface area contributed by atoms with Crippen LogP contribution in [0.5, 0.6) is 0 Å². The molecule has 3 nitrogen and oxygen atoms in total. The predicted octanol–water partition coefficient (Wildman–Crippen LogP) is 1.40. The van der Waals surface area contributed by atoms with E-state index < -0.39 is 0 Å². The summed E-state index contributed by atoms with van der Waals surface area (Å²) in [6, 6.07) is 16.1. The summed E-state index contributed by atoms with van der Waals surface area (Å²) in [5.74, 6) is 1.82. The molecule has 0 atom stereocenters. The fraction of sp³-hybridized carbons (Fsp3) is 0.118. The summed E-state index contributed by atoms with van der Waals surface area (Å²) < 4.78 is 6.92. The zero-order valence-electron chi connectivity index (χ0n) is 11.8. The van der Waals surface area contributed by atoms with Crippen LogP contribution in [-0.4, -0.2) is 4.98 Å². The largest absolute Gasteiger partial charge is 1.00 e. The van der Waals surface area contributed by atoms with E-state index in [-0.39, 0.29) is 12.4 Å². The van der Waals surface area contributed by atoms with Crippen molar-refractivity contribution in [2.24, 2.45) is 0 Å². The Morgan fingerprint density at radius 3 is 2.36 bits per heavy atom. The highest BCUT2D eigenvalue weighted by atomic mass is 79.9. The van der Waals surface area contributed by atoms with E-state index in [0.717, 1.165) is 28.1 Å². The van der Waals surface area contributed by atoms with Crippen molar-refractivity contribution in [2.45, 2.75) is 13.1 Å². The van der Waals surface area contributed by atoms with Gasteiger partial charge in [-0.25, -0.2) is 0 Å². The standard InChI is InChI=1S/C17H15BrN2O.ClH/c18-15-3-1-14(2-4-15)17-6-5-16(21-17)12-20-11-13-7-9-19-10-8-13;/h1-10,20H,11-12H2;1H/p-1. The van der Waals surface area contributed by atoms with Crippen LogP contribution in [0.25, 0.3) is 11.3 Å². The van der Waals surface area contributed by atoms with Crippen LogP contribution < -0.4 is 17.7 Å². The van der Waals surface area contributed by atoms with Crippen molar-refractivity contribution in [1.82, 2.24) is 10.3 Å². The Morgan fingerprint density at radius 2 is 1.64 bits per heavy atom. The van der Waals surface area contributed by atoms with E-state index in [4.69, 9.17) is 4.42 Å². The highest BCUT2D eigenvalue weighted by molar-refractivity contribution is 9.10. The zero-order valence-corrected chi connectivity index (χ0v) is 14.1. The number of nitrogens with one attached hydrogen (secondary N) is 1. The van der Waals surface area contributed by atoms with Gasteiger partial charge in [0.25, 0.3) is 0 Å². The van der Waals surface area contributed by atoms with Crippen LogP contribution in [0.4, 0.5) is 0 Å². The Hall–Kier alpha value is -1.62. The Kier molecular flexibility index (Phi) is 6.19. The number of furan rings is 1. The molecular formula is C17H15BrClN2O-. The number of benzene rings is 1. The average molecular weight is 379 g/mol. The Bertz CT molecular complexity index is 698. The molecule has 0 unspecified atom stereocenters. The van der Waals surface area contributed by atoms with E-state index in [1.165, 1.54) is 5.56 Å². The van der Waals surface area contributed by atoms with Crippen LogP contribution in [0.15, 0.2) is 69.8 Å². The Morgan fingerprint density at radius 1 is 0.909 bits per heavy atom. The van der Waals surface area contributed by atoms with E-state index in [1.54, 1.807) is 12.4 Å². The molecule has 0 saturated heterocycles. The van der Waals surface area contributed by atoms with Gasteiger partial charge in [-0.05, 0) is 42.0 Å². The topological polar surface area (TPSA) is 38.1 Å². The lowest BCUT2D eigenvalue weighted by molar-refractivity contribution is -0.00000472. The molecule has 0 aliphatic carbocycles. The molecule has 1 N–H and O–H groups in total. The van der Waals surface area contributed by atoms with Crippen molar-refractivity contribution in [3.8, 4) is 11.3 Å². The summed E-state index contributed by atoms with van der Waals surface area (Å²) in [5, 5.41) is 3.36. The van der Waals surface area contributed by atoms with E-state index >= 15 is 0 Å². The summed E-state index contributed by atoms with van der Waals surface area (Å²) >= 11 is 3.43. The fourth-order valence-corrected chi connectivity index (χ4v) is 2.34. The molecule has 0 bridgehead atoms. The number of hydrogen-bond acceptors (Lipinski definition) is 3. The van der Waals surface area contributed by atoms with Gasteiger partial charge in [-0.3, -0.25) is 4.98 Å². The molecule has 0 saturated carbocycles. The highest BCUT2D eigenvalue weighted by Gasteiger charge is 2.04. The average Bonchev–Trinajstić information content (AvgIpc) is 2.98. The molecule has 0 amide bonds. The number of nitrogens with zero attached hydrogens (tertiary/aromatic N) is 1. The Labute approximate surface area is 144 Å². The Balaban J connectivity index is 0.00000176. The van der Waals surface area contributed by atoms with Crippen molar-refractivity contribution >= 4 is 15.9 Å². The van der Waals surface area contributed by atoms with Crippen molar-refractivity contribution in [3.63, 3.8) is 0 Å². The van der Waals surface area contributed by atoms with E-state index in [2.05, 4.69) is 26.2 Å². The van der Waals surface area contributed by atoms with Crippen molar-refractivity contribution in [1.29, 1.82) is 0 Å². The second-order valence-electron chi connectivity index (χ2n) is 4.73. The lowest BCUT2D eigenvalue weighted by Crippen LogP contribution is -3.00. The number of rotatable bonds is 5. The maximum Gasteiger partial charge on any atom is 0.134 e. The maximum atomic E-state index is 5.86. The molecule has 5 heteroatoms. The van der Waals surface area contributed by atoms with Crippen molar-refractivity contribution < 1.29 is 16.8 Å². The number of hydrogen-bond donors (Lipinski definition) is 1. The third-order valence-electron chi connectivity index (χ3n) is 3.17. The highest BCUT2D eigenvalue weighted by Crippen LogP contribution is 2.23. The van der Waals surface area contributed by atoms with Crippen molar-refractivity contribution in [2.75, 3.05) is 0 Å². The molecular weight excluding hydrogens is 364 g/mol. The van der Waals surface area contributed by atoms with Crippen LogP contribution in [-0.2, 0) is 13.1 Å². The van der Waals surface area contributed by atoms with Gasteiger partial charge >= 0.3 is 0 Å². The van der Waals surface area contributed by atoms with Crippen LogP contribution in [0, 0.1) is 0 Å². The quantitative estimate of drug-likeness (QED) is 0.729. The summed E-state index contributed by atoms with van der Waals surface area (Å²) in [6.45, 7) is 1.51. The molecule has 3 rings (SSSR count). The first-order chi connectivity index (χ1) is 10.3. The van der Waals surface area contributed by atoms with Gasteiger partial charge in [0, 0.05) is 29.0 Å². The molecule has 0 fully saturated rings. The molecule has 1 aromatic carbocycles. The second-order valence-corrected chi connectivity index (χ2v) is 5.65. The van der Waals surface area contributed by atoms with Crippen LogP contribution in [0.3, 0.4) is 0 Å². The first kappa shape index (κ1) is 16.7. The molecule has 0 aliphatic rings. The molecule has 2 heterocycles. The third kappa shape index (κ3) is 4.44. The van der Waals surface area contributed by atoms with E-state index in [9.17, 15) is 0 Å². The van der Waals surface area contributed by atoms with Gasteiger partial charge in [0.05, 0.1) is 6.54 Å². The van der Waals surface area contributed by atoms with Crippen LogP contribution in [0.1, 0.15) is 11.3 Å². The summed E-state index contributed by atoms with van der Waals surface area (Å²) in [7, 11) is 0. The molecule has 114 valence electrons. The van der Waals surface area contributed by atoms with Gasteiger partial charge in [-0.2, -0.15) is 0 Å². The van der Waals surface area contributed by atoms with E-state index in [1.807, 2.05) is 48.5 Å². The van der Waals surface area contributed by atoms with Gasteiger partial charge in [-0.15, -0.1) is 0 Å². The molecule has 0 aliphatic heterocycles. The summed E-state index contributed by atoms with van der Waals surface area (Å²) in [5.41, 5.74) is 2.29. The predicted molar refractivity (Wildman–Crippen MR) is 86.6 cm³/mol. The zero-order chi connectivity index (χ0) is 14.5. The lowest BCUT2D eigenvalue weighted by Gasteiger charge is -2.02. The van der Waals surface area contributed by atoms with Gasteiger partial charge < -0.3 is 22.1 Å². The molecule has 3 aromatic rings. The minimum Gasteiger partial charge on any atom is -1.00 e. The minimum absolute atomic E-state index is 0. The van der Waals surface area contributed by atoms with Gasteiger partial charge in [0.15, 0.2) is 0 Å². The van der Waals surface area contributed by atoms with Gasteiger partial charge in [0.1, 0.15) is 11.5 Å². The minimum atomic E-state index is 0. The van der Waals surface area contributed by atoms with Gasteiger partial charge in [0.2, 0.25) is 0 Å². The van der Waals surface area contributed by atoms with Crippen molar-refractivity contribution in [3.05, 3.63) is 76.7 Å². The molecule has 0 radical (unpaired) electrons. The second kappa shape index (κ2) is 8.13. The molecule has 0 spiro atoms.